The molecule has 1 aromatic rings. The molecule has 1 aromatic carbocycles. The van der Waals surface area contributed by atoms with E-state index < -0.39 is 5.54 Å². The van der Waals surface area contributed by atoms with Crippen molar-refractivity contribution < 1.29 is 14.6 Å². The van der Waals surface area contributed by atoms with E-state index in [1.807, 2.05) is 13.8 Å². The summed E-state index contributed by atoms with van der Waals surface area (Å²) in [6.45, 7) is 3.96. The highest BCUT2D eigenvalue weighted by Crippen LogP contribution is 2.36. The molecular formula is C13H22N2O3. The number of nitrogens with one attached hydrogen (secondary N) is 1. The number of methoxy groups -OCH3 is 2. The zero-order valence-electron chi connectivity index (χ0n) is 11.4. The van der Waals surface area contributed by atoms with Gasteiger partial charge in [0.05, 0.1) is 37.7 Å². The minimum Gasteiger partial charge on any atom is -0.493 e. The molecule has 0 aliphatic carbocycles. The van der Waals surface area contributed by atoms with Gasteiger partial charge in [-0.15, -0.1) is 0 Å². The second-order valence-electron chi connectivity index (χ2n) is 4.49. The summed E-state index contributed by atoms with van der Waals surface area (Å²) in [5, 5.41) is 12.6. The molecule has 0 amide bonds. The van der Waals surface area contributed by atoms with Crippen molar-refractivity contribution in [1.82, 2.24) is 0 Å². The highest BCUT2D eigenvalue weighted by atomic mass is 16.5. The number of rotatable bonds is 6. The second-order valence-corrected chi connectivity index (χ2v) is 4.49. The molecule has 0 heterocycles. The maximum absolute atomic E-state index is 9.41. The molecule has 1 atom stereocenters. The number of anilines is 2. The lowest BCUT2D eigenvalue weighted by Gasteiger charge is -2.29. The van der Waals surface area contributed by atoms with Gasteiger partial charge in [-0.25, -0.2) is 0 Å². The summed E-state index contributed by atoms with van der Waals surface area (Å²) in [5.41, 5.74) is 6.83. The fourth-order valence-electron chi connectivity index (χ4n) is 1.57. The summed E-state index contributed by atoms with van der Waals surface area (Å²) in [5.74, 6) is 1.19. The van der Waals surface area contributed by atoms with Crippen molar-refractivity contribution in [3.05, 3.63) is 12.1 Å². The van der Waals surface area contributed by atoms with Crippen LogP contribution in [0.2, 0.25) is 0 Å². The first-order chi connectivity index (χ1) is 8.49. The molecule has 18 heavy (non-hydrogen) atoms. The van der Waals surface area contributed by atoms with Crippen LogP contribution in [0.25, 0.3) is 0 Å². The lowest BCUT2D eigenvalue weighted by molar-refractivity contribution is 0.219. The molecule has 4 N–H and O–H groups in total. The normalized spacial score (nSPS) is 13.8. The molecule has 1 rings (SSSR count). The Morgan fingerprint density at radius 3 is 2.28 bits per heavy atom. The van der Waals surface area contributed by atoms with E-state index >= 15 is 0 Å². The smallest absolute Gasteiger partial charge is 0.162 e. The molecule has 0 aliphatic rings. The number of benzene rings is 1. The Kier molecular flexibility index (Phi) is 4.67. The Morgan fingerprint density at radius 2 is 1.83 bits per heavy atom. The van der Waals surface area contributed by atoms with Crippen molar-refractivity contribution in [1.29, 1.82) is 0 Å². The zero-order valence-corrected chi connectivity index (χ0v) is 11.4. The number of nitrogens with two attached hydrogens (primary N) is 1. The maximum Gasteiger partial charge on any atom is 0.162 e. The Hall–Kier alpha value is -1.62. The molecule has 0 saturated heterocycles. The molecule has 0 aromatic heterocycles. The molecule has 0 radical (unpaired) electrons. The van der Waals surface area contributed by atoms with E-state index in [-0.39, 0.29) is 6.61 Å². The van der Waals surface area contributed by atoms with Gasteiger partial charge in [0.2, 0.25) is 0 Å². The summed E-state index contributed by atoms with van der Waals surface area (Å²) in [7, 11) is 3.14. The van der Waals surface area contributed by atoms with E-state index in [2.05, 4.69) is 5.32 Å². The van der Waals surface area contributed by atoms with Crippen molar-refractivity contribution in [3.63, 3.8) is 0 Å². The van der Waals surface area contributed by atoms with E-state index in [1.165, 1.54) is 0 Å². The quantitative estimate of drug-likeness (QED) is 0.675. The monoisotopic (exact) mass is 254 g/mol. The molecule has 0 bridgehead atoms. The summed E-state index contributed by atoms with van der Waals surface area (Å²) in [6, 6.07) is 3.48. The van der Waals surface area contributed by atoms with Crippen LogP contribution in [0, 0.1) is 0 Å². The van der Waals surface area contributed by atoms with Gasteiger partial charge in [0.25, 0.3) is 0 Å². The van der Waals surface area contributed by atoms with Gasteiger partial charge in [0.15, 0.2) is 11.5 Å². The number of aliphatic hydroxyl groups is 1. The van der Waals surface area contributed by atoms with Crippen LogP contribution in [-0.2, 0) is 0 Å². The highest BCUT2D eigenvalue weighted by molar-refractivity contribution is 5.72. The summed E-state index contributed by atoms with van der Waals surface area (Å²) < 4.78 is 10.4. The molecule has 0 spiro atoms. The van der Waals surface area contributed by atoms with Gasteiger partial charge in [-0.2, -0.15) is 0 Å². The molecule has 0 aliphatic heterocycles. The van der Waals surface area contributed by atoms with Crippen LogP contribution in [0.5, 0.6) is 11.5 Å². The molecule has 0 saturated carbocycles. The van der Waals surface area contributed by atoms with Crippen LogP contribution in [0.4, 0.5) is 11.4 Å². The van der Waals surface area contributed by atoms with Crippen LogP contribution in [0.15, 0.2) is 12.1 Å². The number of ether oxygens (including phenoxy) is 2. The van der Waals surface area contributed by atoms with Crippen molar-refractivity contribution in [3.8, 4) is 11.5 Å². The lowest BCUT2D eigenvalue weighted by Crippen LogP contribution is -2.38. The summed E-state index contributed by atoms with van der Waals surface area (Å²) in [4.78, 5) is 0. The number of nitrogen functional groups attached to an aromatic ring is 1. The third kappa shape index (κ3) is 2.98. The predicted octanol–water partition coefficient (Wildman–Crippen LogP) is 1.86. The third-order valence-electron chi connectivity index (χ3n) is 3.12. The van der Waals surface area contributed by atoms with E-state index in [0.717, 1.165) is 12.1 Å². The SMILES string of the molecule is CCC(C)(CO)Nc1cc(OC)c(OC)cc1N. The van der Waals surface area contributed by atoms with Gasteiger partial charge >= 0.3 is 0 Å². The zero-order chi connectivity index (χ0) is 13.8. The van der Waals surface area contributed by atoms with Gasteiger partial charge in [-0.1, -0.05) is 6.92 Å². The Bertz CT molecular complexity index is 403. The summed E-state index contributed by atoms with van der Waals surface area (Å²) in [6.07, 6.45) is 0.775. The molecule has 1 unspecified atom stereocenters. The number of hydrogen-bond donors (Lipinski definition) is 3. The molecule has 102 valence electrons. The predicted molar refractivity (Wildman–Crippen MR) is 73.4 cm³/mol. The van der Waals surface area contributed by atoms with Crippen LogP contribution in [-0.4, -0.2) is 31.5 Å². The van der Waals surface area contributed by atoms with Gasteiger partial charge in [0.1, 0.15) is 0 Å². The lowest BCUT2D eigenvalue weighted by atomic mass is 9.99. The van der Waals surface area contributed by atoms with Crippen LogP contribution in [0.1, 0.15) is 20.3 Å². The van der Waals surface area contributed by atoms with Gasteiger partial charge < -0.3 is 25.6 Å². The molecular weight excluding hydrogens is 232 g/mol. The van der Waals surface area contributed by atoms with E-state index in [0.29, 0.717) is 17.2 Å². The van der Waals surface area contributed by atoms with E-state index in [9.17, 15) is 5.11 Å². The Balaban J connectivity index is 3.10. The van der Waals surface area contributed by atoms with Crippen molar-refractivity contribution in [2.24, 2.45) is 0 Å². The fourth-order valence-corrected chi connectivity index (χ4v) is 1.57. The van der Waals surface area contributed by atoms with Crippen molar-refractivity contribution in [2.75, 3.05) is 31.9 Å². The Labute approximate surface area is 108 Å². The van der Waals surface area contributed by atoms with Crippen molar-refractivity contribution in [2.45, 2.75) is 25.8 Å². The average molecular weight is 254 g/mol. The van der Waals surface area contributed by atoms with Gasteiger partial charge in [0, 0.05) is 12.1 Å². The highest BCUT2D eigenvalue weighted by Gasteiger charge is 2.22. The molecule has 5 heteroatoms. The van der Waals surface area contributed by atoms with E-state index in [1.54, 1.807) is 26.4 Å². The third-order valence-corrected chi connectivity index (χ3v) is 3.12. The largest absolute Gasteiger partial charge is 0.493 e. The average Bonchev–Trinajstić information content (AvgIpc) is 2.40. The van der Waals surface area contributed by atoms with Crippen LogP contribution >= 0.6 is 0 Å². The van der Waals surface area contributed by atoms with Crippen molar-refractivity contribution >= 4 is 11.4 Å². The molecule has 5 nitrogen and oxygen atoms in total. The number of hydrogen-bond acceptors (Lipinski definition) is 5. The topological polar surface area (TPSA) is 76.7 Å². The fraction of sp³-hybridized carbons (Fsp3) is 0.538. The van der Waals surface area contributed by atoms with E-state index in [4.69, 9.17) is 15.2 Å². The minimum absolute atomic E-state index is 0.0251. The van der Waals surface area contributed by atoms with Gasteiger partial charge in [-0.05, 0) is 13.3 Å². The Morgan fingerprint density at radius 1 is 1.28 bits per heavy atom. The van der Waals surface area contributed by atoms with Gasteiger partial charge in [-0.3, -0.25) is 0 Å². The van der Waals surface area contributed by atoms with Crippen LogP contribution < -0.4 is 20.5 Å². The first-order valence-electron chi connectivity index (χ1n) is 5.90. The maximum atomic E-state index is 9.41. The minimum atomic E-state index is -0.409. The summed E-state index contributed by atoms with van der Waals surface area (Å²) >= 11 is 0. The first-order valence-corrected chi connectivity index (χ1v) is 5.90. The second kappa shape index (κ2) is 5.82. The van der Waals surface area contributed by atoms with Crippen LogP contribution in [0.3, 0.4) is 0 Å². The molecule has 0 fully saturated rings. The standard InChI is InChI=1S/C13H22N2O3/c1-5-13(2,8-16)15-10-7-12(18-4)11(17-3)6-9(10)14/h6-7,15-16H,5,8,14H2,1-4H3. The first kappa shape index (κ1) is 14.4. The number of aliphatic hydroxyl groups excluding tert-OH is 1.